The second-order valence-electron chi connectivity index (χ2n) is 5.90. The van der Waals surface area contributed by atoms with Crippen molar-refractivity contribution in [1.29, 1.82) is 5.26 Å². The van der Waals surface area contributed by atoms with Crippen LogP contribution in [0, 0.1) is 11.3 Å². The smallest absolute Gasteiger partial charge is 0.103 e. The maximum absolute atomic E-state index is 9.20. The summed E-state index contributed by atoms with van der Waals surface area (Å²) >= 11 is 0. The van der Waals surface area contributed by atoms with E-state index in [0.29, 0.717) is 17.7 Å². The normalized spacial score (nSPS) is 24.8. The zero-order valence-corrected chi connectivity index (χ0v) is 12.5. The first-order chi connectivity index (χ1) is 10.3. The molecule has 1 atom stereocenters. The molecule has 2 saturated heterocycles. The zero-order chi connectivity index (χ0) is 14.7. The molecule has 5 nitrogen and oxygen atoms in total. The Hall–Kier alpha value is -1.64. The molecular formula is C16H22N4O. The monoisotopic (exact) mass is 286 g/mol. The third kappa shape index (κ3) is 3.17. The predicted octanol–water partition coefficient (Wildman–Crippen LogP) is 1.64. The van der Waals surface area contributed by atoms with E-state index in [9.17, 15) is 5.26 Å². The van der Waals surface area contributed by atoms with E-state index < -0.39 is 0 Å². The van der Waals surface area contributed by atoms with Crippen molar-refractivity contribution in [3.05, 3.63) is 24.0 Å². The Bertz CT molecular complexity index is 519. The average molecular weight is 286 g/mol. The summed E-state index contributed by atoms with van der Waals surface area (Å²) in [6, 6.07) is 4.85. The minimum absolute atomic E-state index is 0.349. The van der Waals surface area contributed by atoms with Crippen LogP contribution in [-0.4, -0.2) is 54.8 Å². The molecule has 21 heavy (non-hydrogen) atoms. The van der Waals surface area contributed by atoms with E-state index in [-0.39, 0.29) is 0 Å². The third-order valence-corrected chi connectivity index (χ3v) is 4.51. The van der Waals surface area contributed by atoms with Crippen molar-refractivity contribution in [2.24, 2.45) is 0 Å². The molecule has 1 unspecified atom stereocenters. The highest BCUT2D eigenvalue weighted by molar-refractivity contribution is 5.58. The maximum Gasteiger partial charge on any atom is 0.103 e. The highest BCUT2D eigenvalue weighted by Gasteiger charge is 2.28. The first-order valence-electron chi connectivity index (χ1n) is 7.72. The molecule has 0 aromatic carbocycles. The molecule has 1 aromatic rings. The van der Waals surface area contributed by atoms with Gasteiger partial charge in [-0.05, 0) is 25.8 Å². The summed E-state index contributed by atoms with van der Waals surface area (Å²) in [7, 11) is 0. The van der Waals surface area contributed by atoms with Crippen molar-refractivity contribution >= 4 is 5.69 Å². The van der Waals surface area contributed by atoms with E-state index in [1.807, 2.05) is 6.07 Å². The van der Waals surface area contributed by atoms with Gasteiger partial charge in [0.15, 0.2) is 0 Å². The van der Waals surface area contributed by atoms with Gasteiger partial charge in [-0.15, -0.1) is 0 Å². The summed E-state index contributed by atoms with van der Waals surface area (Å²) in [5.41, 5.74) is 1.71. The highest BCUT2D eigenvalue weighted by Crippen LogP contribution is 2.25. The lowest BCUT2D eigenvalue weighted by Gasteiger charge is -2.42. The van der Waals surface area contributed by atoms with Crippen LogP contribution in [0.2, 0.25) is 0 Å². The molecule has 0 N–H and O–H groups in total. The predicted molar refractivity (Wildman–Crippen MR) is 81.2 cm³/mol. The molecular weight excluding hydrogens is 264 g/mol. The summed E-state index contributed by atoms with van der Waals surface area (Å²) in [6.07, 6.45) is 6.08. The van der Waals surface area contributed by atoms with Crippen molar-refractivity contribution in [3.63, 3.8) is 0 Å². The summed E-state index contributed by atoms with van der Waals surface area (Å²) in [4.78, 5) is 8.93. The van der Waals surface area contributed by atoms with Gasteiger partial charge in [0.2, 0.25) is 0 Å². The van der Waals surface area contributed by atoms with Crippen molar-refractivity contribution in [3.8, 4) is 6.07 Å². The van der Waals surface area contributed by atoms with Crippen LogP contribution in [0.4, 0.5) is 5.69 Å². The van der Waals surface area contributed by atoms with E-state index in [2.05, 4.69) is 27.8 Å². The largest absolute Gasteiger partial charge is 0.376 e. The highest BCUT2D eigenvalue weighted by atomic mass is 16.5. The number of piperidine rings is 1. The number of hydrogen-bond acceptors (Lipinski definition) is 5. The van der Waals surface area contributed by atoms with Gasteiger partial charge < -0.3 is 9.64 Å². The number of hydrogen-bond donors (Lipinski definition) is 0. The van der Waals surface area contributed by atoms with Gasteiger partial charge in [-0.2, -0.15) is 5.26 Å². The topological polar surface area (TPSA) is 52.4 Å². The van der Waals surface area contributed by atoms with E-state index in [1.54, 1.807) is 12.4 Å². The van der Waals surface area contributed by atoms with Gasteiger partial charge in [-0.1, -0.05) is 0 Å². The summed E-state index contributed by atoms with van der Waals surface area (Å²) in [5, 5.41) is 9.20. The number of rotatable bonds is 2. The molecule has 0 radical (unpaired) electrons. The Morgan fingerprint density at radius 3 is 2.86 bits per heavy atom. The number of nitrogens with zero attached hydrogens (tertiary/aromatic N) is 4. The molecule has 2 aliphatic heterocycles. The Balaban J connectivity index is 1.61. The summed E-state index contributed by atoms with van der Waals surface area (Å²) < 4.78 is 5.62. The van der Waals surface area contributed by atoms with E-state index in [1.165, 1.54) is 0 Å². The average Bonchev–Trinajstić information content (AvgIpc) is 2.55. The fraction of sp³-hybridized carbons (Fsp3) is 0.625. The molecule has 0 aliphatic carbocycles. The number of aromatic nitrogens is 1. The summed E-state index contributed by atoms with van der Waals surface area (Å²) in [6.45, 7) is 7.11. The van der Waals surface area contributed by atoms with Crippen LogP contribution in [-0.2, 0) is 4.74 Å². The van der Waals surface area contributed by atoms with Gasteiger partial charge in [0.05, 0.1) is 24.0 Å². The second-order valence-corrected chi connectivity index (χ2v) is 5.90. The fourth-order valence-corrected chi connectivity index (χ4v) is 3.40. The molecule has 1 aromatic heterocycles. The molecule has 3 rings (SSSR count). The van der Waals surface area contributed by atoms with Gasteiger partial charge in [0.1, 0.15) is 6.07 Å². The first-order valence-corrected chi connectivity index (χ1v) is 7.72. The van der Waals surface area contributed by atoms with Gasteiger partial charge in [0, 0.05) is 44.6 Å². The number of anilines is 1. The molecule has 0 saturated carbocycles. The first kappa shape index (κ1) is 14.3. The molecule has 112 valence electrons. The van der Waals surface area contributed by atoms with Crippen molar-refractivity contribution in [2.45, 2.75) is 31.9 Å². The number of ether oxygens (including phenoxy) is 1. The fourth-order valence-electron chi connectivity index (χ4n) is 3.40. The lowest BCUT2D eigenvalue weighted by Crippen LogP contribution is -2.51. The number of pyridine rings is 1. The van der Waals surface area contributed by atoms with Crippen LogP contribution < -0.4 is 4.90 Å². The number of morpholine rings is 1. The number of nitriles is 1. The standard InChI is InChI=1S/C16H22N4O/c1-13-12-20(8-9-21-13)15-3-6-19(7-4-15)16-2-5-18-11-14(16)10-17/h2,5,11,13,15H,3-4,6-9,12H2,1H3. The molecule has 0 spiro atoms. The summed E-state index contributed by atoms with van der Waals surface area (Å²) in [5.74, 6) is 0. The molecule has 0 bridgehead atoms. The maximum atomic E-state index is 9.20. The molecule has 0 amide bonds. The zero-order valence-electron chi connectivity index (χ0n) is 12.5. The van der Waals surface area contributed by atoms with E-state index in [4.69, 9.17) is 4.74 Å². The van der Waals surface area contributed by atoms with Crippen LogP contribution in [0.15, 0.2) is 18.5 Å². The Morgan fingerprint density at radius 2 is 2.14 bits per heavy atom. The van der Waals surface area contributed by atoms with Crippen molar-refractivity contribution in [1.82, 2.24) is 9.88 Å². The van der Waals surface area contributed by atoms with Crippen LogP contribution in [0.5, 0.6) is 0 Å². The molecule has 3 heterocycles. The van der Waals surface area contributed by atoms with Crippen LogP contribution in [0.1, 0.15) is 25.3 Å². The van der Waals surface area contributed by atoms with Crippen LogP contribution in [0.25, 0.3) is 0 Å². The Morgan fingerprint density at radius 1 is 1.33 bits per heavy atom. The third-order valence-electron chi connectivity index (χ3n) is 4.51. The SMILES string of the molecule is CC1CN(C2CCN(c3ccncc3C#N)CC2)CCO1. The minimum atomic E-state index is 0.349. The lowest BCUT2D eigenvalue weighted by molar-refractivity contribution is -0.0373. The van der Waals surface area contributed by atoms with Crippen LogP contribution in [0.3, 0.4) is 0 Å². The minimum Gasteiger partial charge on any atom is -0.376 e. The lowest BCUT2D eigenvalue weighted by atomic mass is 10.0. The second kappa shape index (κ2) is 6.42. The van der Waals surface area contributed by atoms with E-state index >= 15 is 0 Å². The van der Waals surface area contributed by atoms with Gasteiger partial charge >= 0.3 is 0 Å². The van der Waals surface area contributed by atoms with Gasteiger partial charge in [0.25, 0.3) is 0 Å². The Kier molecular flexibility index (Phi) is 4.37. The van der Waals surface area contributed by atoms with Crippen molar-refractivity contribution in [2.75, 3.05) is 37.7 Å². The van der Waals surface area contributed by atoms with E-state index in [0.717, 1.165) is 51.3 Å². The van der Waals surface area contributed by atoms with Gasteiger partial charge in [-0.25, -0.2) is 0 Å². The van der Waals surface area contributed by atoms with Crippen LogP contribution >= 0.6 is 0 Å². The molecule has 2 fully saturated rings. The van der Waals surface area contributed by atoms with Crippen molar-refractivity contribution < 1.29 is 4.74 Å². The molecule has 2 aliphatic rings. The van der Waals surface area contributed by atoms with Gasteiger partial charge in [-0.3, -0.25) is 9.88 Å². The quantitative estimate of drug-likeness (QED) is 0.827. The Labute approximate surface area is 126 Å². The molecule has 5 heteroatoms.